The van der Waals surface area contributed by atoms with Crippen LogP contribution in [0.5, 0.6) is 0 Å². The van der Waals surface area contributed by atoms with Crippen molar-refractivity contribution in [3.05, 3.63) is 18.2 Å². The van der Waals surface area contributed by atoms with Gasteiger partial charge in [-0.05, 0) is 51.1 Å². The topological polar surface area (TPSA) is 64.3 Å². The number of anilines is 2. The zero-order valence-corrected chi connectivity index (χ0v) is 12.8. The molecule has 1 rings (SSSR count). The van der Waals surface area contributed by atoms with Crippen LogP contribution < -0.4 is 11.1 Å². The van der Waals surface area contributed by atoms with Crippen molar-refractivity contribution in [3.63, 3.8) is 0 Å². The molecule has 0 unspecified atom stereocenters. The van der Waals surface area contributed by atoms with Crippen LogP contribution in [0.1, 0.15) is 34.1 Å². The van der Waals surface area contributed by atoms with E-state index in [1.54, 1.807) is 17.8 Å². The molecule has 0 spiro atoms. The number of thioether (sulfide) groups is 1. The maximum Gasteiger partial charge on any atom is 0.412 e. The Labute approximate surface area is 119 Å². The monoisotopic (exact) mass is 282 g/mol. The molecule has 0 atom stereocenters. The predicted octanol–water partition coefficient (Wildman–Crippen LogP) is 4.12. The summed E-state index contributed by atoms with van der Waals surface area (Å²) in [7, 11) is 0. The highest BCUT2D eigenvalue weighted by molar-refractivity contribution is 7.99. The highest BCUT2D eigenvalue weighted by Gasteiger charge is 2.17. The van der Waals surface area contributed by atoms with Gasteiger partial charge < -0.3 is 10.5 Å². The number of carbonyl (C=O) groups is 1. The molecule has 5 heteroatoms. The largest absolute Gasteiger partial charge is 0.444 e. The van der Waals surface area contributed by atoms with E-state index in [4.69, 9.17) is 10.5 Å². The molecule has 4 nitrogen and oxygen atoms in total. The molecule has 0 saturated heterocycles. The van der Waals surface area contributed by atoms with Crippen LogP contribution in [0.25, 0.3) is 0 Å². The second kappa shape index (κ2) is 6.70. The van der Waals surface area contributed by atoms with Gasteiger partial charge in [0.25, 0.3) is 0 Å². The zero-order chi connectivity index (χ0) is 14.5. The highest BCUT2D eigenvalue weighted by atomic mass is 32.2. The number of rotatable bonds is 4. The first-order chi connectivity index (χ1) is 8.81. The van der Waals surface area contributed by atoms with Gasteiger partial charge in [-0.2, -0.15) is 0 Å². The van der Waals surface area contributed by atoms with Gasteiger partial charge in [-0.3, -0.25) is 5.32 Å². The molecule has 19 heavy (non-hydrogen) atoms. The van der Waals surface area contributed by atoms with Crippen molar-refractivity contribution in [1.29, 1.82) is 0 Å². The Morgan fingerprint density at radius 2 is 2.11 bits per heavy atom. The van der Waals surface area contributed by atoms with Gasteiger partial charge in [-0.15, -0.1) is 11.8 Å². The van der Waals surface area contributed by atoms with Crippen molar-refractivity contribution < 1.29 is 9.53 Å². The van der Waals surface area contributed by atoms with Crippen LogP contribution in [-0.2, 0) is 4.74 Å². The van der Waals surface area contributed by atoms with Crippen molar-refractivity contribution >= 4 is 29.2 Å². The quantitative estimate of drug-likeness (QED) is 0.644. The van der Waals surface area contributed by atoms with Crippen LogP contribution in [0.15, 0.2) is 23.1 Å². The number of amides is 1. The molecule has 1 aromatic carbocycles. The SMILES string of the molecule is CCCSc1ccc(N)c(NC(=O)OC(C)(C)C)c1. The summed E-state index contributed by atoms with van der Waals surface area (Å²) in [4.78, 5) is 12.8. The van der Waals surface area contributed by atoms with Crippen LogP contribution in [-0.4, -0.2) is 17.4 Å². The van der Waals surface area contributed by atoms with Crippen molar-refractivity contribution in [3.8, 4) is 0 Å². The lowest BCUT2D eigenvalue weighted by atomic mass is 10.2. The molecule has 1 amide bonds. The van der Waals surface area contributed by atoms with Crippen molar-refractivity contribution in [1.82, 2.24) is 0 Å². The molecular weight excluding hydrogens is 260 g/mol. The number of hydrogen-bond acceptors (Lipinski definition) is 4. The number of carbonyl (C=O) groups excluding carboxylic acids is 1. The molecule has 0 aliphatic rings. The van der Waals surface area contributed by atoms with Gasteiger partial charge in [-0.25, -0.2) is 4.79 Å². The smallest absolute Gasteiger partial charge is 0.412 e. The first kappa shape index (κ1) is 15.7. The van der Waals surface area contributed by atoms with Gasteiger partial charge in [0.1, 0.15) is 5.60 Å². The van der Waals surface area contributed by atoms with E-state index in [9.17, 15) is 4.79 Å². The number of benzene rings is 1. The lowest BCUT2D eigenvalue weighted by Crippen LogP contribution is -2.27. The molecule has 0 saturated carbocycles. The molecular formula is C14H22N2O2S. The molecule has 0 bridgehead atoms. The molecule has 0 radical (unpaired) electrons. The molecule has 0 aromatic heterocycles. The predicted molar refractivity (Wildman–Crippen MR) is 81.7 cm³/mol. The Bertz CT molecular complexity index is 442. The Kier molecular flexibility index (Phi) is 5.54. The fourth-order valence-corrected chi connectivity index (χ4v) is 2.17. The molecule has 0 aliphatic heterocycles. The molecule has 1 aromatic rings. The van der Waals surface area contributed by atoms with Crippen molar-refractivity contribution in [2.45, 2.75) is 44.6 Å². The third kappa shape index (κ3) is 5.87. The van der Waals surface area contributed by atoms with E-state index in [0.717, 1.165) is 17.1 Å². The Morgan fingerprint density at radius 3 is 2.68 bits per heavy atom. The summed E-state index contributed by atoms with van der Waals surface area (Å²) in [5.41, 5.74) is 6.46. The van der Waals surface area contributed by atoms with Crippen molar-refractivity contribution in [2.75, 3.05) is 16.8 Å². The lowest BCUT2D eigenvalue weighted by molar-refractivity contribution is 0.0636. The number of ether oxygens (including phenoxy) is 1. The van der Waals surface area contributed by atoms with Crippen LogP contribution in [0.4, 0.5) is 16.2 Å². The number of nitrogens with two attached hydrogens (primary N) is 1. The zero-order valence-electron chi connectivity index (χ0n) is 11.9. The second-order valence-corrected chi connectivity index (χ2v) is 6.39. The average molecular weight is 282 g/mol. The summed E-state index contributed by atoms with van der Waals surface area (Å²) in [6, 6.07) is 5.63. The van der Waals surface area contributed by atoms with E-state index in [0.29, 0.717) is 11.4 Å². The fraction of sp³-hybridized carbons (Fsp3) is 0.500. The minimum absolute atomic E-state index is 0.489. The number of nitrogen functional groups attached to an aromatic ring is 1. The van der Waals surface area contributed by atoms with Gasteiger partial charge in [0.05, 0.1) is 11.4 Å². The molecule has 3 N–H and O–H groups in total. The van der Waals surface area contributed by atoms with Gasteiger partial charge in [0, 0.05) is 4.90 Å². The van der Waals surface area contributed by atoms with E-state index in [1.165, 1.54) is 0 Å². The fourth-order valence-electron chi connectivity index (χ4n) is 1.37. The third-order valence-electron chi connectivity index (χ3n) is 2.13. The average Bonchev–Trinajstić information content (AvgIpc) is 2.27. The summed E-state index contributed by atoms with van der Waals surface area (Å²) in [5, 5.41) is 2.68. The molecule has 0 aliphatic carbocycles. The molecule has 0 heterocycles. The summed E-state index contributed by atoms with van der Waals surface area (Å²) in [5.74, 6) is 1.04. The highest BCUT2D eigenvalue weighted by Crippen LogP contribution is 2.27. The van der Waals surface area contributed by atoms with Gasteiger partial charge in [0.2, 0.25) is 0 Å². The van der Waals surface area contributed by atoms with Gasteiger partial charge >= 0.3 is 6.09 Å². The number of nitrogens with one attached hydrogen (secondary N) is 1. The first-order valence-electron chi connectivity index (χ1n) is 6.34. The summed E-state index contributed by atoms with van der Waals surface area (Å²) >= 11 is 1.74. The lowest BCUT2D eigenvalue weighted by Gasteiger charge is -2.20. The van der Waals surface area contributed by atoms with Gasteiger partial charge in [0.15, 0.2) is 0 Å². The first-order valence-corrected chi connectivity index (χ1v) is 7.32. The summed E-state index contributed by atoms with van der Waals surface area (Å²) in [6.45, 7) is 7.60. The Hall–Kier alpha value is -1.36. The number of hydrogen-bond donors (Lipinski definition) is 2. The van der Waals surface area contributed by atoms with Crippen LogP contribution in [0.2, 0.25) is 0 Å². The van der Waals surface area contributed by atoms with Crippen LogP contribution >= 0.6 is 11.8 Å². The maximum atomic E-state index is 11.7. The van der Waals surface area contributed by atoms with Gasteiger partial charge in [-0.1, -0.05) is 6.92 Å². The molecule has 0 fully saturated rings. The summed E-state index contributed by atoms with van der Waals surface area (Å²) in [6.07, 6.45) is 0.612. The second-order valence-electron chi connectivity index (χ2n) is 5.22. The van der Waals surface area contributed by atoms with Crippen LogP contribution in [0.3, 0.4) is 0 Å². The van der Waals surface area contributed by atoms with Crippen molar-refractivity contribution in [2.24, 2.45) is 0 Å². The Balaban J connectivity index is 2.73. The van der Waals surface area contributed by atoms with E-state index in [-0.39, 0.29) is 0 Å². The Morgan fingerprint density at radius 1 is 1.42 bits per heavy atom. The van der Waals surface area contributed by atoms with E-state index in [1.807, 2.05) is 32.9 Å². The minimum Gasteiger partial charge on any atom is -0.444 e. The van der Waals surface area contributed by atoms with E-state index < -0.39 is 11.7 Å². The third-order valence-corrected chi connectivity index (χ3v) is 3.33. The maximum absolute atomic E-state index is 11.7. The minimum atomic E-state index is -0.520. The van der Waals surface area contributed by atoms with Crippen LogP contribution in [0, 0.1) is 0 Å². The molecule has 106 valence electrons. The normalized spacial score (nSPS) is 11.2. The van der Waals surface area contributed by atoms with E-state index in [2.05, 4.69) is 12.2 Å². The van der Waals surface area contributed by atoms with E-state index >= 15 is 0 Å². The summed E-state index contributed by atoms with van der Waals surface area (Å²) < 4.78 is 5.21. The standard InChI is InChI=1S/C14H22N2O2S/c1-5-8-19-10-6-7-11(15)12(9-10)16-13(17)18-14(2,3)4/h6-7,9H,5,8,15H2,1-4H3,(H,16,17).